The summed E-state index contributed by atoms with van der Waals surface area (Å²) in [6, 6.07) is 7.98. The van der Waals surface area contributed by atoms with Crippen LogP contribution in [0, 0.1) is 0 Å². The highest BCUT2D eigenvalue weighted by atomic mass is 16.5. The largest absolute Gasteiger partial charge is 0.485 e. The van der Waals surface area contributed by atoms with Crippen LogP contribution in [0.3, 0.4) is 0 Å². The fraction of sp³-hybridized carbons (Fsp3) is 0.500. The first-order valence-electron chi connectivity index (χ1n) is 6.95. The lowest BCUT2D eigenvalue weighted by molar-refractivity contribution is 0.282. The van der Waals surface area contributed by atoms with Crippen molar-refractivity contribution in [2.75, 3.05) is 7.05 Å². The Morgan fingerprint density at radius 1 is 1.30 bits per heavy atom. The van der Waals surface area contributed by atoms with Gasteiger partial charge in [0, 0.05) is 18.7 Å². The molecule has 0 saturated heterocycles. The molecule has 108 valence electrons. The summed E-state index contributed by atoms with van der Waals surface area (Å²) in [7, 11) is 1.92. The van der Waals surface area contributed by atoms with E-state index in [-0.39, 0.29) is 0 Å². The Hall–Kier alpha value is -1.95. The van der Waals surface area contributed by atoms with Gasteiger partial charge in [-0.2, -0.15) is 0 Å². The quantitative estimate of drug-likeness (QED) is 0.795. The number of unbranched alkanes of at least 4 members (excludes halogenated alkanes) is 1. The molecule has 1 aromatic carbocycles. The highest BCUT2D eigenvalue weighted by molar-refractivity contribution is 5.33. The first-order valence-corrected chi connectivity index (χ1v) is 6.95. The van der Waals surface area contributed by atoms with E-state index < -0.39 is 0 Å². The van der Waals surface area contributed by atoms with Gasteiger partial charge in [0.15, 0.2) is 5.82 Å². The van der Waals surface area contributed by atoms with E-state index in [0.29, 0.717) is 6.61 Å². The van der Waals surface area contributed by atoms with Crippen LogP contribution in [-0.4, -0.2) is 27.3 Å². The lowest BCUT2D eigenvalue weighted by Gasteiger charge is -2.11. The number of nitrogens with one attached hydrogen (secondary N) is 1. The van der Waals surface area contributed by atoms with Gasteiger partial charge >= 0.3 is 0 Å². The van der Waals surface area contributed by atoms with E-state index in [1.165, 1.54) is 0 Å². The van der Waals surface area contributed by atoms with Gasteiger partial charge in [-0.3, -0.25) is 0 Å². The number of hydrogen-bond acceptors (Lipinski definition) is 5. The number of tetrazole rings is 1. The molecule has 6 nitrogen and oxygen atoms in total. The SMILES string of the molecule is CCCCn1nnnc1COc1ccccc1CNC. The van der Waals surface area contributed by atoms with Crippen molar-refractivity contribution in [1.29, 1.82) is 0 Å². The average Bonchev–Trinajstić information content (AvgIpc) is 2.92. The van der Waals surface area contributed by atoms with Crippen LogP contribution in [-0.2, 0) is 19.7 Å². The summed E-state index contributed by atoms with van der Waals surface area (Å²) in [5, 5.41) is 14.9. The van der Waals surface area contributed by atoms with E-state index >= 15 is 0 Å². The monoisotopic (exact) mass is 275 g/mol. The van der Waals surface area contributed by atoms with Gasteiger partial charge in [0.2, 0.25) is 0 Å². The maximum absolute atomic E-state index is 5.85. The van der Waals surface area contributed by atoms with Gasteiger partial charge in [-0.15, -0.1) is 5.10 Å². The van der Waals surface area contributed by atoms with Gasteiger partial charge in [0.25, 0.3) is 0 Å². The van der Waals surface area contributed by atoms with E-state index in [1.54, 1.807) is 0 Å². The molecule has 1 heterocycles. The third kappa shape index (κ3) is 3.77. The molecule has 20 heavy (non-hydrogen) atoms. The molecular formula is C14H21N5O. The Kier molecular flexibility index (Phi) is 5.49. The summed E-state index contributed by atoms with van der Waals surface area (Å²) >= 11 is 0. The fourth-order valence-electron chi connectivity index (χ4n) is 1.93. The maximum Gasteiger partial charge on any atom is 0.189 e. The zero-order valence-electron chi connectivity index (χ0n) is 12.0. The average molecular weight is 275 g/mol. The van der Waals surface area contributed by atoms with E-state index in [2.05, 4.69) is 27.8 Å². The number of rotatable bonds is 8. The summed E-state index contributed by atoms with van der Waals surface area (Å²) in [4.78, 5) is 0. The van der Waals surface area contributed by atoms with Crippen molar-refractivity contribution in [1.82, 2.24) is 25.5 Å². The van der Waals surface area contributed by atoms with Gasteiger partial charge in [-0.1, -0.05) is 31.5 Å². The molecule has 0 bridgehead atoms. The second kappa shape index (κ2) is 7.59. The Balaban J connectivity index is 2.00. The summed E-state index contributed by atoms with van der Waals surface area (Å²) in [5.41, 5.74) is 1.13. The van der Waals surface area contributed by atoms with Crippen LogP contribution in [0.2, 0.25) is 0 Å². The molecule has 0 amide bonds. The van der Waals surface area contributed by atoms with Crippen LogP contribution >= 0.6 is 0 Å². The smallest absolute Gasteiger partial charge is 0.189 e. The Morgan fingerprint density at radius 2 is 2.15 bits per heavy atom. The van der Waals surface area contributed by atoms with Crippen molar-refractivity contribution in [3.63, 3.8) is 0 Å². The van der Waals surface area contributed by atoms with Crippen LogP contribution in [0.4, 0.5) is 0 Å². The minimum Gasteiger partial charge on any atom is -0.485 e. The number of aryl methyl sites for hydroxylation is 1. The lowest BCUT2D eigenvalue weighted by atomic mass is 10.2. The van der Waals surface area contributed by atoms with E-state index in [0.717, 1.165) is 43.1 Å². The molecule has 6 heteroatoms. The summed E-state index contributed by atoms with van der Waals surface area (Å²) in [6.07, 6.45) is 2.18. The van der Waals surface area contributed by atoms with Gasteiger partial charge in [-0.25, -0.2) is 4.68 Å². The third-order valence-electron chi connectivity index (χ3n) is 3.03. The molecule has 0 aliphatic heterocycles. The molecule has 1 aromatic heterocycles. The number of benzene rings is 1. The van der Waals surface area contributed by atoms with Gasteiger partial charge in [0.1, 0.15) is 12.4 Å². The Morgan fingerprint density at radius 3 is 2.95 bits per heavy atom. The van der Waals surface area contributed by atoms with Crippen molar-refractivity contribution >= 4 is 0 Å². The Labute approximate surface area is 119 Å². The minimum atomic E-state index is 0.386. The lowest BCUT2D eigenvalue weighted by Crippen LogP contribution is -2.11. The number of aromatic nitrogens is 4. The first-order chi connectivity index (χ1) is 9.85. The molecule has 0 unspecified atom stereocenters. The van der Waals surface area contributed by atoms with Crippen molar-refractivity contribution in [2.24, 2.45) is 0 Å². The number of para-hydroxylation sites is 1. The highest BCUT2D eigenvalue weighted by Crippen LogP contribution is 2.18. The number of ether oxygens (including phenoxy) is 1. The van der Waals surface area contributed by atoms with Crippen molar-refractivity contribution in [3.8, 4) is 5.75 Å². The normalized spacial score (nSPS) is 10.7. The first kappa shape index (κ1) is 14.5. The van der Waals surface area contributed by atoms with E-state index in [4.69, 9.17) is 4.74 Å². The van der Waals surface area contributed by atoms with E-state index in [9.17, 15) is 0 Å². The van der Waals surface area contributed by atoms with Crippen molar-refractivity contribution in [2.45, 2.75) is 39.5 Å². The number of nitrogens with zero attached hydrogens (tertiary/aromatic N) is 4. The van der Waals surface area contributed by atoms with Gasteiger partial charge < -0.3 is 10.1 Å². The molecule has 0 radical (unpaired) electrons. The molecule has 1 N–H and O–H groups in total. The van der Waals surface area contributed by atoms with Crippen LogP contribution in [0.5, 0.6) is 5.75 Å². The molecule has 2 aromatic rings. The fourth-order valence-corrected chi connectivity index (χ4v) is 1.93. The molecule has 0 saturated carbocycles. The van der Waals surface area contributed by atoms with Gasteiger partial charge in [0.05, 0.1) is 0 Å². The summed E-state index contributed by atoms with van der Waals surface area (Å²) in [5.74, 6) is 1.63. The van der Waals surface area contributed by atoms with E-state index in [1.807, 2.05) is 36.0 Å². The zero-order chi connectivity index (χ0) is 14.2. The molecule has 0 fully saturated rings. The van der Waals surface area contributed by atoms with Crippen LogP contribution in [0.25, 0.3) is 0 Å². The minimum absolute atomic E-state index is 0.386. The highest BCUT2D eigenvalue weighted by Gasteiger charge is 2.08. The van der Waals surface area contributed by atoms with Gasteiger partial charge in [-0.05, 0) is 30.0 Å². The maximum atomic E-state index is 5.85. The summed E-state index contributed by atoms with van der Waals surface area (Å²) in [6.45, 7) is 4.14. The molecular weight excluding hydrogens is 254 g/mol. The van der Waals surface area contributed by atoms with Crippen LogP contribution in [0.15, 0.2) is 24.3 Å². The standard InChI is InChI=1S/C14H21N5O/c1-3-4-9-19-14(16-17-18-19)11-20-13-8-6-5-7-12(13)10-15-2/h5-8,15H,3-4,9-11H2,1-2H3. The predicted octanol–water partition coefficient (Wildman–Crippen LogP) is 1.77. The number of hydrogen-bond donors (Lipinski definition) is 1. The van der Waals surface area contributed by atoms with Crippen molar-refractivity contribution in [3.05, 3.63) is 35.7 Å². The third-order valence-corrected chi connectivity index (χ3v) is 3.03. The molecule has 0 spiro atoms. The Bertz CT molecular complexity index is 526. The zero-order valence-corrected chi connectivity index (χ0v) is 12.0. The van der Waals surface area contributed by atoms with Crippen LogP contribution < -0.4 is 10.1 Å². The second-order valence-corrected chi connectivity index (χ2v) is 4.60. The van der Waals surface area contributed by atoms with Crippen LogP contribution in [0.1, 0.15) is 31.2 Å². The molecule has 2 rings (SSSR count). The molecule has 0 aliphatic carbocycles. The molecule has 0 atom stereocenters. The molecule has 0 aliphatic rings. The topological polar surface area (TPSA) is 64.9 Å². The summed E-state index contributed by atoms with van der Waals surface area (Å²) < 4.78 is 7.66. The van der Waals surface area contributed by atoms with Crippen molar-refractivity contribution < 1.29 is 4.74 Å². The predicted molar refractivity (Wildman–Crippen MR) is 76.3 cm³/mol. The second-order valence-electron chi connectivity index (χ2n) is 4.60.